The van der Waals surface area contributed by atoms with E-state index < -0.39 is 11.8 Å². The van der Waals surface area contributed by atoms with Crippen LogP contribution in [-0.4, -0.2) is 16.1 Å². The van der Waals surface area contributed by atoms with Crippen LogP contribution in [-0.2, 0) is 6.42 Å². The van der Waals surface area contributed by atoms with E-state index in [9.17, 15) is 9.65 Å². The molecule has 2 aromatic carbocycles. The lowest BCUT2D eigenvalue weighted by atomic mass is 9.79. The minimum Gasteiger partial charge on any atom is -0.422 e. The Bertz CT molecular complexity index is 1150. The third-order valence-corrected chi connectivity index (χ3v) is 5.84. The normalized spacial score (nSPS) is 18.1. The summed E-state index contributed by atoms with van der Waals surface area (Å²) in [5, 5.41) is 25.2. The molecule has 2 unspecified atom stereocenters. The maximum atomic E-state index is 13.8. The molecule has 1 aliphatic heterocycles. The van der Waals surface area contributed by atoms with Crippen LogP contribution in [0, 0.1) is 34.4 Å². The number of benzene rings is 2. The van der Waals surface area contributed by atoms with Gasteiger partial charge in [0.2, 0.25) is 11.8 Å². The topological polar surface area (TPSA) is 85.5 Å². The van der Waals surface area contributed by atoms with Crippen LogP contribution in [0.15, 0.2) is 46.9 Å². The molecule has 0 aliphatic carbocycles. The Morgan fingerprint density at radius 1 is 1.27 bits per heavy atom. The van der Waals surface area contributed by atoms with Gasteiger partial charge in [0, 0.05) is 5.92 Å². The van der Waals surface area contributed by atoms with Gasteiger partial charge in [-0.3, -0.25) is 10.5 Å². The quantitative estimate of drug-likeness (QED) is 0.507. The fourth-order valence-corrected chi connectivity index (χ4v) is 4.28. The number of nitrogens with zero attached hydrogens (tertiary/aromatic N) is 2. The van der Waals surface area contributed by atoms with Gasteiger partial charge < -0.3 is 4.74 Å². The van der Waals surface area contributed by atoms with Crippen LogP contribution in [0.4, 0.5) is 4.39 Å². The van der Waals surface area contributed by atoms with Gasteiger partial charge in [0.1, 0.15) is 11.7 Å². The van der Waals surface area contributed by atoms with Crippen LogP contribution in [0.2, 0.25) is 0 Å². The number of rotatable bonds is 4. The predicted octanol–water partition coefficient (Wildman–Crippen LogP) is 5.82. The van der Waals surface area contributed by atoms with Gasteiger partial charge in [-0.15, -0.1) is 5.10 Å². The van der Waals surface area contributed by atoms with Crippen LogP contribution in [0.25, 0.3) is 11.3 Å². The van der Waals surface area contributed by atoms with Gasteiger partial charge in [-0.2, -0.15) is 5.26 Å². The van der Waals surface area contributed by atoms with E-state index in [-0.39, 0.29) is 17.6 Å². The van der Waals surface area contributed by atoms with E-state index in [0.717, 1.165) is 17.7 Å². The first-order valence-corrected chi connectivity index (χ1v) is 10.5. The van der Waals surface area contributed by atoms with Crippen LogP contribution < -0.4 is 4.74 Å². The largest absolute Gasteiger partial charge is 0.422 e. The fourth-order valence-electron chi connectivity index (χ4n) is 3.88. The Hall–Kier alpha value is -2.98. The summed E-state index contributed by atoms with van der Waals surface area (Å²) < 4.78 is 19.7. The number of nitrogens with one attached hydrogen (secondary N) is 2. The molecule has 5 nitrogen and oxygen atoms in total. The molecular formula is C23H20BrFN4O. The number of H-pyrrole nitrogens is 1. The molecule has 0 bridgehead atoms. The Kier molecular flexibility index (Phi) is 5.44. The summed E-state index contributed by atoms with van der Waals surface area (Å²) in [5.41, 5.74) is 4.31. The van der Waals surface area contributed by atoms with Crippen molar-refractivity contribution in [2.75, 3.05) is 0 Å². The highest BCUT2D eigenvalue weighted by molar-refractivity contribution is 9.10. The molecule has 152 valence electrons. The predicted molar refractivity (Wildman–Crippen MR) is 116 cm³/mol. The van der Waals surface area contributed by atoms with Crippen molar-refractivity contribution in [3.8, 4) is 23.2 Å². The number of halogens is 2. The number of hydrogen-bond acceptors (Lipinski definition) is 4. The summed E-state index contributed by atoms with van der Waals surface area (Å²) in [6.07, 6.45) is 0.990. The van der Waals surface area contributed by atoms with E-state index in [1.807, 2.05) is 12.1 Å². The third-order valence-electron chi connectivity index (χ3n) is 5.23. The summed E-state index contributed by atoms with van der Waals surface area (Å²) >= 11 is 3.22. The van der Waals surface area contributed by atoms with Crippen molar-refractivity contribution in [3.63, 3.8) is 0 Å². The molecule has 1 aromatic heterocycles. The van der Waals surface area contributed by atoms with Gasteiger partial charge in [0.05, 0.1) is 21.8 Å². The van der Waals surface area contributed by atoms with Crippen molar-refractivity contribution in [1.29, 1.82) is 10.7 Å². The summed E-state index contributed by atoms with van der Waals surface area (Å²) in [4.78, 5) is 0. The van der Waals surface area contributed by atoms with E-state index in [1.165, 1.54) is 11.6 Å². The van der Waals surface area contributed by atoms with Crippen LogP contribution in [0.1, 0.15) is 36.5 Å². The highest BCUT2D eigenvalue weighted by Crippen LogP contribution is 2.46. The Labute approximate surface area is 182 Å². The van der Waals surface area contributed by atoms with E-state index in [1.54, 1.807) is 12.1 Å². The zero-order valence-corrected chi connectivity index (χ0v) is 18.1. The van der Waals surface area contributed by atoms with E-state index >= 15 is 0 Å². The van der Waals surface area contributed by atoms with Crippen molar-refractivity contribution in [2.45, 2.75) is 26.2 Å². The fraction of sp³-hybridized carbons (Fsp3) is 0.261. The molecule has 2 N–H and O–H groups in total. The Morgan fingerprint density at radius 3 is 2.63 bits per heavy atom. The first-order chi connectivity index (χ1) is 14.4. The molecule has 30 heavy (non-hydrogen) atoms. The van der Waals surface area contributed by atoms with Crippen LogP contribution >= 0.6 is 15.9 Å². The molecule has 0 saturated carbocycles. The molecule has 7 heteroatoms. The standard InChI is InChI=1S/C23H20BrFN4O/c1-12(2)9-13-3-5-14(6-4-13)21-20-19(15-7-8-18(25)17(24)10-15)16(11-26)22(27)30-23(20)29-28-21/h3-8,10,12,16,19,27H,9H2,1-2H3,(H,28,29). The van der Waals surface area contributed by atoms with Crippen molar-refractivity contribution in [3.05, 3.63) is 69.4 Å². The summed E-state index contributed by atoms with van der Waals surface area (Å²) in [7, 11) is 0. The lowest BCUT2D eigenvalue weighted by Gasteiger charge is -2.28. The number of hydrogen-bond donors (Lipinski definition) is 2. The molecule has 0 spiro atoms. The number of fused-ring (bicyclic) bond motifs is 1. The summed E-state index contributed by atoms with van der Waals surface area (Å²) in [6.45, 7) is 4.36. The first-order valence-electron chi connectivity index (χ1n) is 9.67. The van der Waals surface area contributed by atoms with Crippen molar-refractivity contribution < 1.29 is 9.13 Å². The molecule has 2 atom stereocenters. The molecular weight excluding hydrogens is 447 g/mol. The Balaban J connectivity index is 1.84. The van der Waals surface area contributed by atoms with Gasteiger partial charge in [0.25, 0.3) is 0 Å². The Morgan fingerprint density at radius 2 is 2.00 bits per heavy atom. The molecule has 3 aromatic rings. The molecule has 0 saturated heterocycles. The third kappa shape index (κ3) is 3.63. The number of aromatic nitrogens is 2. The molecule has 0 fully saturated rings. The second-order valence-electron chi connectivity index (χ2n) is 7.84. The van der Waals surface area contributed by atoms with Crippen molar-refractivity contribution in [2.24, 2.45) is 11.8 Å². The number of aromatic amines is 1. The second-order valence-corrected chi connectivity index (χ2v) is 8.69. The number of nitriles is 1. The monoisotopic (exact) mass is 466 g/mol. The molecule has 0 amide bonds. The van der Waals surface area contributed by atoms with Gasteiger partial charge >= 0.3 is 0 Å². The smallest absolute Gasteiger partial charge is 0.244 e. The average molecular weight is 467 g/mol. The maximum absolute atomic E-state index is 13.8. The van der Waals surface area contributed by atoms with E-state index in [2.05, 4.69) is 58.2 Å². The van der Waals surface area contributed by atoms with Gasteiger partial charge in [-0.1, -0.05) is 44.2 Å². The zero-order chi connectivity index (χ0) is 21.4. The van der Waals surface area contributed by atoms with Crippen LogP contribution in [0.3, 0.4) is 0 Å². The van der Waals surface area contributed by atoms with Gasteiger partial charge in [0.15, 0.2) is 0 Å². The molecule has 1 aliphatic rings. The number of ether oxygens (including phenoxy) is 1. The maximum Gasteiger partial charge on any atom is 0.244 e. The molecule has 2 heterocycles. The summed E-state index contributed by atoms with van der Waals surface area (Å²) in [6, 6.07) is 15.0. The lowest BCUT2D eigenvalue weighted by Crippen LogP contribution is -2.30. The average Bonchev–Trinajstić information content (AvgIpc) is 3.12. The molecule has 0 radical (unpaired) electrons. The summed E-state index contributed by atoms with van der Waals surface area (Å²) in [5.74, 6) is -1.06. The van der Waals surface area contributed by atoms with Crippen molar-refractivity contribution in [1.82, 2.24) is 10.2 Å². The highest BCUT2D eigenvalue weighted by Gasteiger charge is 2.41. The van der Waals surface area contributed by atoms with Crippen molar-refractivity contribution >= 4 is 21.8 Å². The first kappa shape index (κ1) is 20.3. The second kappa shape index (κ2) is 8.04. The van der Waals surface area contributed by atoms with E-state index in [4.69, 9.17) is 10.1 Å². The van der Waals surface area contributed by atoms with Gasteiger partial charge in [-0.25, -0.2) is 4.39 Å². The minimum atomic E-state index is -0.841. The van der Waals surface area contributed by atoms with Gasteiger partial charge in [-0.05, 0) is 57.1 Å². The zero-order valence-electron chi connectivity index (χ0n) is 16.5. The lowest BCUT2D eigenvalue weighted by molar-refractivity contribution is 0.437. The SMILES string of the molecule is CC(C)Cc1ccc(-c2[nH]nc3c2C(c2ccc(F)c(Br)c2)C(C#N)C(=N)O3)cc1. The molecule has 4 rings (SSSR count). The highest BCUT2D eigenvalue weighted by atomic mass is 79.9. The van der Waals surface area contributed by atoms with E-state index in [0.29, 0.717) is 21.5 Å². The minimum absolute atomic E-state index is 0.166. The van der Waals surface area contributed by atoms with Crippen LogP contribution in [0.5, 0.6) is 5.88 Å².